The number of aromatic nitrogens is 2. The van der Waals surface area contributed by atoms with E-state index in [-0.39, 0.29) is 17.5 Å². The molecule has 0 saturated carbocycles. The number of nitrogens with zero attached hydrogens (tertiary/aromatic N) is 2. The van der Waals surface area contributed by atoms with Crippen molar-refractivity contribution < 1.29 is 9.59 Å². The number of amides is 1. The molecule has 112 valence electrons. The van der Waals surface area contributed by atoms with Gasteiger partial charge < -0.3 is 9.88 Å². The molecule has 2 rings (SSSR count). The number of allylic oxidation sites excluding steroid dienone is 1. The van der Waals surface area contributed by atoms with E-state index < -0.39 is 5.69 Å². The summed E-state index contributed by atoms with van der Waals surface area (Å²) in [5, 5.41) is 2.59. The van der Waals surface area contributed by atoms with E-state index in [0.717, 1.165) is 0 Å². The van der Waals surface area contributed by atoms with Crippen LogP contribution in [-0.4, -0.2) is 21.2 Å². The van der Waals surface area contributed by atoms with E-state index >= 15 is 0 Å². The first kappa shape index (κ1) is 15.4. The van der Waals surface area contributed by atoms with E-state index in [1.807, 2.05) is 0 Å². The number of rotatable bonds is 4. The lowest BCUT2D eigenvalue weighted by molar-refractivity contribution is -0.112. The van der Waals surface area contributed by atoms with Crippen LogP contribution < -0.4 is 11.0 Å². The molecule has 0 atom stereocenters. The third-order valence-electron chi connectivity index (χ3n) is 2.88. The molecule has 1 aromatic carbocycles. The number of aryl methyl sites for hydroxylation is 1. The second-order valence-corrected chi connectivity index (χ2v) is 4.70. The third-order valence-corrected chi connectivity index (χ3v) is 2.88. The SMILES string of the molecule is CC(=O)/C=C/c1cn(C)c(=O)nc1NC(=O)c1ccccc1. The van der Waals surface area contributed by atoms with Gasteiger partial charge in [0.1, 0.15) is 5.82 Å². The first-order chi connectivity index (χ1) is 10.5. The van der Waals surface area contributed by atoms with Crippen LogP contribution >= 0.6 is 0 Å². The van der Waals surface area contributed by atoms with Crippen molar-refractivity contribution in [1.82, 2.24) is 9.55 Å². The topological polar surface area (TPSA) is 81.1 Å². The van der Waals surface area contributed by atoms with Crippen LogP contribution in [0.5, 0.6) is 0 Å². The predicted molar refractivity (Wildman–Crippen MR) is 83.6 cm³/mol. The summed E-state index contributed by atoms with van der Waals surface area (Å²) in [6, 6.07) is 8.59. The molecule has 2 aromatic rings. The molecule has 0 aliphatic heterocycles. The van der Waals surface area contributed by atoms with Gasteiger partial charge >= 0.3 is 5.69 Å². The van der Waals surface area contributed by atoms with E-state index in [1.165, 1.54) is 29.8 Å². The van der Waals surface area contributed by atoms with Crippen molar-refractivity contribution >= 4 is 23.6 Å². The molecule has 0 aliphatic carbocycles. The van der Waals surface area contributed by atoms with E-state index in [1.54, 1.807) is 37.4 Å². The van der Waals surface area contributed by atoms with Crippen LogP contribution in [0.15, 0.2) is 47.4 Å². The second-order valence-electron chi connectivity index (χ2n) is 4.70. The fourth-order valence-electron chi connectivity index (χ4n) is 1.76. The van der Waals surface area contributed by atoms with Crippen LogP contribution in [0.4, 0.5) is 5.82 Å². The standard InChI is InChI=1S/C16H15N3O3/c1-11(20)8-9-13-10-19(2)16(22)18-14(13)17-15(21)12-6-4-3-5-7-12/h3-10H,1-2H3,(H,17,18,21,22)/b9-8+. The number of benzene rings is 1. The van der Waals surface area contributed by atoms with Gasteiger partial charge in [-0.15, -0.1) is 0 Å². The lowest BCUT2D eigenvalue weighted by atomic mass is 10.2. The highest BCUT2D eigenvalue weighted by molar-refractivity contribution is 6.04. The molecule has 0 unspecified atom stereocenters. The number of ketones is 1. The molecule has 0 aliphatic rings. The van der Waals surface area contributed by atoms with Gasteiger partial charge in [-0.1, -0.05) is 18.2 Å². The summed E-state index contributed by atoms with van der Waals surface area (Å²) < 4.78 is 1.28. The zero-order valence-electron chi connectivity index (χ0n) is 12.2. The predicted octanol–water partition coefficient (Wildman–Crippen LogP) is 1.63. The Morgan fingerprint density at radius 2 is 1.91 bits per heavy atom. The number of anilines is 1. The summed E-state index contributed by atoms with van der Waals surface area (Å²) in [4.78, 5) is 38.7. The van der Waals surface area contributed by atoms with E-state index in [0.29, 0.717) is 11.1 Å². The van der Waals surface area contributed by atoms with Gasteiger partial charge in [-0.25, -0.2) is 4.79 Å². The molecule has 0 saturated heterocycles. The molecule has 0 bridgehead atoms. The average Bonchev–Trinajstić information content (AvgIpc) is 2.50. The van der Waals surface area contributed by atoms with E-state index in [4.69, 9.17) is 0 Å². The van der Waals surface area contributed by atoms with Gasteiger partial charge in [-0.3, -0.25) is 9.59 Å². The maximum absolute atomic E-state index is 12.1. The number of nitrogens with one attached hydrogen (secondary N) is 1. The van der Waals surface area contributed by atoms with Crippen LogP contribution in [0.2, 0.25) is 0 Å². The molecule has 6 heteroatoms. The third kappa shape index (κ3) is 3.76. The smallest absolute Gasteiger partial charge is 0.306 e. The highest BCUT2D eigenvalue weighted by Gasteiger charge is 2.10. The monoisotopic (exact) mass is 297 g/mol. The molecule has 1 heterocycles. The molecule has 22 heavy (non-hydrogen) atoms. The highest BCUT2D eigenvalue weighted by atomic mass is 16.2. The molecular formula is C16H15N3O3. The molecule has 1 amide bonds. The summed E-state index contributed by atoms with van der Waals surface area (Å²) in [6.07, 6.45) is 4.37. The summed E-state index contributed by atoms with van der Waals surface area (Å²) >= 11 is 0. The molecule has 0 spiro atoms. The molecule has 1 N–H and O–H groups in total. The fourth-order valence-corrected chi connectivity index (χ4v) is 1.76. The second kappa shape index (κ2) is 6.62. The Labute approximate surface area is 127 Å². The minimum Gasteiger partial charge on any atom is -0.306 e. The Hall–Kier alpha value is -3.02. The van der Waals surface area contributed by atoms with E-state index in [9.17, 15) is 14.4 Å². The van der Waals surface area contributed by atoms with Gasteiger partial charge in [0.2, 0.25) is 0 Å². The summed E-state index contributed by atoms with van der Waals surface area (Å²) in [5.41, 5.74) is 0.427. The summed E-state index contributed by atoms with van der Waals surface area (Å²) in [6.45, 7) is 1.41. The lowest BCUT2D eigenvalue weighted by Crippen LogP contribution is -2.24. The molecule has 0 radical (unpaired) electrons. The average molecular weight is 297 g/mol. The van der Waals surface area contributed by atoms with Gasteiger partial charge in [0, 0.05) is 24.4 Å². The van der Waals surface area contributed by atoms with Crippen LogP contribution in [-0.2, 0) is 11.8 Å². The quantitative estimate of drug-likeness (QED) is 0.870. The first-order valence-corrected chi connectivity index (χ1v) is 6.60. The Morgan fingerprint density at radius 1 is 1.23 bits per heavy atom. The first-order valence-electron chi connectivity index (χ1n) is 6.60. The van der Waals surface area contributed by atoms with Crippen molar-refractivity contribution in [2.24, 2.45) is 7.05 Å². The Kier molecular flexibility index (Phi) is 4.63. The van der Waals surface area contributed by atoms with Crippen molar-refractivity contribution in [3.05, 3.63) is 64.2 Å². The fraction of sp³-hybridized carbons (Fsp3) is 0.125. The Morgan fingerprint density at radius 3 is 2.55 bits per heavy atom. The van der Waals surface area contributed by atoms with Crippen molar-refractivity contribution in [3.63, 3.8) is 0 Å². The van der Waals surface area contributed by atoms with Gasteiger partial charge in [0.25, 0.3) is 5.91 Å². The molecular weight excluding hydrogens is 282 g/mol. The number of hydrogen-bond acceptors (Lipinski definition) is 4. The summed E-state index contributed by atoms with van der Waals surface area (Å²) in [7, 11) is 1.54. The van der Waals surface area contributed by atoms with Crippen molar-refractivity contribution in [2.45, 2.75) is 6.92 Å². The van der Waals surface area contributed by atoms with Crippen LogP contribution in [0.25, 0.3) is 6.08 Å². The number of hydrogen-bond donors (Lipinski definition) is 1. The maximum atomic E-state index is 12.1. The minimum atomic E-state index is -0.497. The van der Waals surface area contributed by atoms with Gasteiger partial charge in [0.05, 0.1) is 0 Å². The Bertz CT molecular complexity index is 792. The van der Waals surface area contributed by atoms with Crippen LogP contribution in [0.1, 0.15) is 22.8 Å². The van der Waals surface area contributed by atoms with Crippen molar-refractivity contribution in [1.29, 1.82) is 0 Å². The van der Waals surface area contributed by atoms with E-state index in [2.05, 4.69) is 10.3 Å². The van der Waals surface area contributed by atoms with Crippen molar-refractivity contribution in [3.8, 4) is 0 Å². The van der Waals surface area contributed by atoms with Crippen molar-refractivity contribution in [2.75, 3.05) is 5.32 Å². The molecule has 0 fully saturated rings. The van der Waals surface area contributed by atoms with Crippen LogP contribution in [0.3, 0.4) is 0 Å². The zero-order chi connectivity index (χ0) is 16.1. The normalized spacial score (nSPS) is 10.6. The lowest BCUT2D eigenvalue weighted by Gasteiger charge is -2.08. The minimum absolute atomic E-state index is 0.120. The number of carbonyl (C=O) groups is 2. The van der Waals surface area contributed by atoms with Crippen LogP contribution in [0, 0.1) is 0 Å². The molecule has 6 nitrogen and oxygen atoms in total. The molecule has 1 aromatic heterocycles. The maximum Gasteiger partial charge on any atom is 0.349 e. The number of carbonyl (C=O) groups excluding carboxylic acids is 2. The summed E-state index contributed by atoms with van der Waals surface area (Å²) in [5.74, 6) is -0.400. The Balaban J connectivity index is 2.37. The van der Waals surface area contributed by atoms with Gasteiger partial charge in [-0.05, 0) is 31.2 Å². The highest BCUT2D eigenvalue weighted by Crippen LogP contribution is 2.13. The van der Waals surface area contributed by atoms with Gasteiger partial charge in [0.15, 0.2) is 5.78 Å². The largest absolute Gasteiger partial charge is 0.349 e. The van der Waals surface area contributed by atoms with Gasteiger partial charge in [-0.2, -0.15) is 4.98 Å². The zero-order valence-corrected chi connectivity index (χ0v) is 12.2.